The van der Waals surface area contributed by atoms with Gasteiger partial charge in [-0.15, -0.1) is 0 Å². The number of esters is 1. The van der Waals surface area contributed by atoms with Crippen LogP contribution in [0.2, 0.25) is 0 Å². The number of aromatic nitrogens is 1. The summed E-state index contributed by atoms with van der Waals surface area (Å²) in [7, 11) is 0. The largest absolute Gasteiger partial charge is 0.456 e. The fraction of sp³-hybridized carbons (Fsp3) is 0.400. The van der Waals surface area contributed by atoms with Crippen LogP contribution in [-0.4, -0.2) is 16.6 Å². The Morgan fingerprint density at radius 1 is 1.47 bits per heavy atom. The summed E-state index contributed by atoms with van der Waals surface area (Å²) in [5, 5.41) is 0. The van der Waals surface area contributed by atoms with Gasteiger partial charge in [0.15, 0.2) is 0 Å². The van der Waals surface area contributed by atoms with Crippen molar-refractivity contribution in [2.75, 3.05) is 5.73 Å². The molecule has 1 heterocycles. The number of rotatable bonds is 1. The smallest absolute Gasteiger partial charge is 0.342 e. The monoisotopic (exact) mass is 272 g/mol. The molecule has 0 aromatic carbocycles. The summed E-state index contributed by atoms with van der Waals surface area (Å²) < 4.78 is 5.77. The minimum absolute atomic E-state index is 0.277. The Morgan fingerprint density at radius 3 is 2.60 bits per heavy atom. The Hall–Kier alpha value is -1.10. The Balaban J connectivity index is 2.97. The van der Waals surface area contributed by atoms with Gasteiger partial charge in [0.05, 0.1) is 10.2 Å². The van der Waals surface area contributed by atoms with Gasteiger partial charge in [-0.05, 0) is 36.7 Å². The summed E-state index contributed by atoms with van der Waals surface area (Å²) in [6, 6.07) is 0. The first-order valence-corrected chi connectivity index (χ1v) is 5.23. The fourth-order valence-electron chi connectivity index (χ4n) is 0.941. The van der Waals surface area contributed by atoms with Crippen molar-refractivity contribution < 1.29 is 9.53 Å². The number of nitrogens with two attached hydrogens (primary N) is 1. The lowest BCUT2D eigenvalue weighted by Crippen LogP contribution is -2.24. The molecule has 2 N–H and O–H groups in total. The average Bonchev–Trinajstić information content (AvgIpc) is 2.06. The summed E-state index contributed by atoms with van der Waals surface area (Å²) in [6.45, 7) is 5.39. The van der Waals surface area contributed by atoms with Crippen LogP contribution >= 0.6 is 15.9 Å². The second-order valence-electron chi connectivity index (χ2n) is 4.08. The van der Waals surface area contributed by atoms with E-state index in [9.17, 15) is 4.79 Å². The van der Waals surface area contributed by atoms with Crippen LogP contribution < -0.4 is 5.73 Å². The number of carbonyl (C=O) groups is 1. The van der Waals surface area contributed by atoms with E-state index in [1.807, 2.05) is 0 Å². The molecule has 0 radical (unpaired) electrons. The molecule has 0 bridgehead atoms. The van der Waals surface area contributed by atoms with Crippen LogP contribution in [-0.2, 0) is 4.74 Å². The molecule has 1 aromatic rings. The van der Waals surface area contributed by atoms with Gasteiger partial charge in [0.1, 0.15) is 11.2 Å². The van der Waals surface area contributed by atoms with Gasteiger partial charge in [0.2, 0.25) is 0 Å². The predicted octanol–water partition coefficient (Wildman–Crippen LogP) is 2.38. The van der Waals surface area contributed by atoms with E-state index in [1.165, 1.54) is 12.4 Å². The van der Waals surface area contributed by atoms with Gasteiger partial charge < -0.3 is 10.5 Å². The van der Waals surface area contributed by atoms with Gasteiger partial charge in [-0.2, -0.15) is 0 Å². The Kier molecular flexibility index (Phi) is 3.34. The molecule has 0 saturated heterocycles. The van der Waals surface area contributed by atoms with Gasteiger partial charge in [-0.1, -0.05) is 0 Å². The molecule has 0 aliphatic carbocycles. The minimum Gasteiger partial charge on any atom is -0.456 e. The zero-order valence-electron chi connectivity index (χ0n) is 8.87. The number of hydrogen-bond acceptors (Lipinski definition) is 4. The normalized spacial score (nSPS) is 11.2. The first-order valence-electron chi connectivity index (χ1n) is 4.43. The SMILES string of the molecule is CC(C)(C)OC(=O)c1cncc(Br)c1N. The van der Waals surface area contributed by atoms with Crippen molar-refractivity contribution >= 4 is 27.6 Å². The number of hydrogen-bond donors (Lipinski definition) is 1. The van der Waals surface area contributed by atoms with Crippen LogP contribution in [0.5, 0.6) is 0 Å². The lowest BCUT2D eigenvalue weighted by molar-refractivity contribution is 0.00703. The summed E-state index contributed by atoms with van der Waals surface area (Å²) in [5.41, 5.74) is 5.80. The molecule has 5 heteroatoms. The highest BCUT2D eigenvalue weighted by Gasteiger charge is 2.20. The van der Waals surface area contributed by atoms with Crippen LogP contribution in [0.1, 0.15) is 31.1 Å². The maximum absolute atomic E-state index is 11.7. The van der Waals surface area contributed by atoms with Crippen LogP contribution in [0.3, 0.4) is 0 Å². The molecule has 0 atom stereocenters. The Morgan fingerprint density at radius 2 is 2.07 bits per heavy atom. The molecule has 4 nitrogen and oxygen atoms in total. The molecule has 0 fully saturated rings. The molecule has 0 unspecified atom stereocenters. The minimum atomic E-state index is -0.536. The quantitative estimate of drug-likeness (QED) is 0.798. The van der Waals surface area contributed by atoms with E-state index >= 15 is 0 Å². The van der Waals surface area contributed by atoms with Crippen molar-refractivity contribution in [2.45, 2.75) is 26.4 Å². The van der Waals surface area contributed by atoms with Gasteiger partial charge in [0, 0.05) is 12.4 Å². The maximum Gasteiger partial charge on any atom is 0.342 e. The molecule has 0 saturated carbocycles. The number of nitrogen functional groups attached to an aromatic ring is 1. The first-order chi connectivity index (χ1) is 6.81. The van der Waals surface area contributed by atoms with Gasteiger partial charge in [-0.25, -0.2) is 4.79 Å². The summed E-state index contributed by atoms with van der Waals surface area (Å²) in [5.74, 6) is -0.464. The van der Waals surface area contributed by atoms with Gasteiger partial charge in [0.25, 0.3) is 0 Å². The average molecular weight is 273 g/mol. The van der Waals surface area contributed by atoms with Crippen molar-refractivity contribution in [3.05, 3.63) is 22.4 Å². The van der Waals surface area contributed by atoms with Gasteiger partial charge in [-0.3, -0.25) is 4.98 Å². The number of halogens is 1. The zero-order valence-corrected chi connectivity index (χ0v) is 10.5. The molecule has 15 heavy (non-hydrogen) atoms. The number of pyridine rings is 1. The predicted molar refractivity (Wildman–Crippen MR) is 61.5 cm³/mol. The van der Waals surface area contributed by atoms with Crippen molar-refractivity contribution in [2.24, 2.45) is 0 Å². The fourth-order valence-corrected chi connectivity index (χ4v) is 1.27. The third-order valence-corrected chi connectivity index (χ3v) is 2.19. The summed E-state index contributed by atoms with van der Waals surface area (Å²) in [4.78, 5) is 15.5. The Bertz CT molecular complexity index is 385. The van der Waals surface area contributed by atoms with Crippen molar-refractivity contribution in [1.29, 1.82) is 0 Å². The molecule has 0 aliphatic rings. The second kappa shape index (κ2) is 4.18. The third kappa shape index (κ3) is 3.20. The van der Waals surface area contributed by atoms with E-state index in [0.717, 1.165) is 0 Å². The van der Waals surface area contributed by atoms with Crippen molar-refractivity contribution in [3.8, 4) is 0 Å². The molecule has 0 amide bonds. The molecule has 82 valence electrons. The van der Waals surface area contributed by atoms with Crippen LogP contribution in [0.25, 0.3) is 0 Å². The summed E-state index contributed by atoms with van der Waals surface area (Å²) >= 11 is 3.20. The topological polar surface area (TPSA) is 65.2 Å². The maximum atomic E-state index is 11.7. The lowest BCUT2D eigenvalue weighted by Gasteiger charge is -2.19. The van der Waals surface area contributed by atoms with E-state index in [-0.39, 0.29) is 5.56 Å². The Labute approximate surface area is 97.0 Å². The number of anilines is 1. The van der Waals surface area contributed by atoms with Gasteiger partial charge >= 0.3 is 5.97 Å². The highest BCUT2D eigenvalue weighted by atomic mass is 79.9. The van der Waals surface area contributed by atoms with E-state index in [4.69, 9.17) is 10.5 Å². The van der Waals surface area contributed by atoms with Crippen LogP contribution in [0, 0.1) is 0 Å². The molecule has 1 aromatic heterocycles. The van der Waals surface area contributed by atoms with Crippen LogP contribution in [0.15, 0.2) is 16.9 Å². The highest BCUT2D eigenvalue weighted by Crippen LogP contribution is 2.23. The van der Waals surface area contributed by atoms with Crippen molar-refractivity contribution in [1.82, 2.24) is 4.98 Å². The standard InChI is InChI=1S/C10H13BrN2O2/c1-10(2,3)15-9(14)6-4-13-5-7(11)8(6)12/h4-5H,1-3H3,(H2,12,13). The number of carbonyl (C=O) groups excluding carboxylic acids is 1. The highest BCUT2D eigenvalue weighted by molar-refractivity contribution is 9.10. The molecule has 1 rings (SSSR count). The number of ether oxygens (including phenoxy) is 1. The molecular weight excluding hydrogens is 260 g/mol. The van der Waals surface area contributed by atoms with E-state index < -0.39 is 11.6 Å². The second-order valence-corrected chi connectivity index (χ2v) is 4.94. The van der Waals surface area contributed by atoms with Crippen molar-refractivity contribution in [3.63, 3.8) is 0 Å². The third-order valence-electron chi connectivity index (χ3n) is 1.56. The molecule has 0 aliphatic heterocycles. The lowest BCUT2D eigenvalue weighted by atomic mass is 10.2. The van der Waals surface area contributed by atoms with Crippen LogP contribution in [0.4, 0.5) is 5.69 Å². The van der Waals surface area contributed by atoms with E-state index in [2.05, 4.69) is 20.9 Å². The van der Waals surface area contributed by atoms with E-state index in [1.54, 1.807) is 20.8 Å². The molecular formula is C10H13BrN2O2. The molecule has 0 spiro atoms. The van der Waals surface area contributed by atoms with E-state index in [0.29, 0.717) is 10.2 Å². The first kappa shape index (κ1) is 12.0. The number of nitrogens with zero attached hydrogens (tertiary/aromatic N) is 1. The summed E-state index contributed by atoms with van der Waals surface area (Å²) in [6.07, 6.45) is 2.93. The zero-order chi connectivity index (χ0) is 11.6.